The molecule has 0 fully saturated rings. The van der Waals surface area contributed by atoms with Crippen LogP contribution in [0.3, 0.4) is 0 Å². The van der Waals surface area contributed by atoms with Crippen molar-refractivity contribution in [2.45, 2.75) is 31.6 Å². The van der Waals surface area contributed by atoms with Crippen molar-refractivity contribution in [3.05, 3.63) is 71.5 Å². The van der Waals surface area contributed by atoms with Gasteiger partial charge in [-0.15, -0.1) is 10.2 Å². The molecule has 8 nitrogen and oxygen atoms in total. The van der Waals surface area contributed by atoms with Crippen molar-refractivity contribution in [3.63, 3.8) is 0 Å². The third-order valence-corrected chi connectivity index (χ3v) is 7.10. The van der Waals surface area contributed by atoms with Crippen LogP contribution in [-0.4, -0.2) is 41.1 Å². The minimum absolute atomic E-state index is 0.0448. The van der Waals surface area contributed by atoms with Crippen LogP contribution in [-0.2, 0) is 28.4 Å². The van der Waals surface area contributed by atoms with E-state index >= 15 is 0 Å². The van der Waals surface area contributed by atoms with Crippen molar-refractivity contribution in [1.82, 2.24) is 20.1 Å². The molecule has 1 N–H and O–H groups in total. The van der Waals surface area contributed by atoms with Crippen molar-refractivity contribution >= 4 is 33.4 Å². The summed E-state index contributed by atoms with van der Waals surface area (Å²) in [6.45, 7) is 3.92. The SMILES string of the molecule is Cc1ccc(N(Cc2nnc(SCC(=O)N[C@H](C)c3ccccc3)n2C)S(C)(=O)=O)cc1. The lowest BCUT2D eigenvalue weighted by Gasteiger charge is -2.22. The Balaban J connectivity index is 1.65. The fraction of sp³-hybridized carbons (Fsp3) is 0.318. The van der Waals surface area contributed by atoms with Crippen molar-refractivity contribution in [1.29, 1.82) is 0 Å². The highest BCUT2D eigenvalue weighted by molar-refractivity contribution is 7.99. The Kier molecular flexibility index (Phi) is 7.57. The molecule has 3 aromatic rings. The van der Waals surface area contributed by atoms with E-state index in [1.807, 2.05) is 56.3 Å². The van der Waals surface area contributed by atoms with Crippen LogP contribution in [0.2, 0.25) is 0 Å². The van der Waals surface area contributed by atoms with Gasteiger partial charge in [-0.25, -0.2) is 8.42 Å². The van der Waals surface area contributed by atoms with Gasteiger partial charge >= 0.3 is 0 Å². The van der Waals surface area contributed by atoms with Crippen molar-refractivity contribution < 1.29 is 13.2 Å². The summed E-state index contributed by atoms with van der Waals surface area (Å²) >= 11 is 1.25. The molecule has 3 rings (SSSR count). The van der Waals surface area contributed by atoms with E-state index in [1.165, 1.54) is 16.1 Å². The monoisotopic (exact) mass is 473 g/mol. The summed E-state index contributed by atoms with van der Waals surface area (Å²) in [4.78, 5) is 12.4. The largest absolute Gasteiger partial charge is 0.349 e. The van der Waals surface area contributed by atoms with Crippen LogP contribution in [0.1, 0.15) is 29.9 Å². The number of nitrogens with zero attached hydrogens (tertiary/aromatic N) is 4. The number of benzene rings is 2. The molecule has 0 spiro atoms. The molecule has 0 radical (unpaired) electrons. The average Bonchev–Trinajstić information content (AvgIpc) is 3.10. The number of hydrogen-bond donors (Lipinski definition) is 1. The van der Waals surface area contributed by atoms with E-state index in [2.05, 4.69) is 15.5 Å². The zero-order valence-corrected chi connectivity index (χ0v) is 20.2. The molecule has 1 atom stereocenters. The smallest absolute Gasteiger partial charge is 0.232 e. The number of aromatic nitrogens is 3. The average molecular weight is 474 g/mol. The molecule has 1 aromatic heterocycles. The quantitative estimate of drug-likeness (QED) is 0.480. The lowest BCUT2D eigenvalue weighted by Crippen LogP contribution is -2.30. The third-order valence-electron chi connectivity index (χ3n) is 4.94. The minimum atomic E-state index is -3.52. The maximum absolute atomic E-state index is 12.4. The Bertz CT molecular complexity index is 1160. The second-order valence-corrected chi connectivity index (χ2v) is 10.4. The van der Waals surface area contributed by atoms with Crippen LogP contribution in [0.25, 0.3) is 0 Å². The number of nitrogens with one attached hydrogen (secondary N) is 1. The van der Waals surface area contributed by atoms with E-state index in [1.54, 1.807) is 23.7 Å². The maximum atomic E-state index is 12.4. The minimum Gasteiger partial charge on any atom is -0.349 e. The molecule has 0 saturated carbocycles. The van der Waals surface area contributed by atoms with E-state index in [-0.39, 0.29) is 24.2 Å². The molecule has 0 saturated heterocycles. The summed E-state index contributed by atoms with van der Waals surface area (Å²) in [6, 6.07) is 16.9. The molecular weight excluding hydrogens is 446 g/mol. The summed E-state index contributed by atoms with van der Waals surface area (Å²) in [5.74, 6) is 0.543. The first kappa shape index (κ1) is 23.8. The summed E-state index contributed by atoms with van der Waals surface area (Å²) in [5, 5.41) is 11.8. The number of amides is 1. The first-order chi connectivity index (χ1) is 15.1. The molecule has 10 heteroatoms. The van der Waals surface area contributed by atoms with Gasteiger partial charge in [0.05, 0.1) is 30.3 Å². The van der Waals surface area contributed by atoms with Gasteiger partial charge in [0.1, 0.15) is 0 Å². The van der Waals surface area contributed by atoms with Crippen LogP contribution in [0.5, 0.6) is 0 Å². The van der Waals surface area contributed by atoms with Crippen LogP contribution in [0.4, 0.5) is 5.69 Å². The van der Waals surface area contributed by atoms with Gasteiger partial charge in [0.15, 0.2) is 11.0 Å². The molecule has 0 bridgehead atoms. The normalized spacial score (nSPS) is 12.4. The Labute approximate surface area is 193 Å². The van der Waals surface area contributed by atoms with Gasteiger partial charge in [-0.3, -0.25) is 9.10 Å². The maximum Gasteiger partial charge on any atom is 0.232 e. The number of sulfonamides is 1. The number of rotatable bonds is 9. The van der Waals surface area contributed by atoms with Gasteiger partial charge in [-0.05, 0) is 31.5 Å². The molecule has 0 unspecified atom stereocenters. The highest BCUT2D eigenvalue weighted by Crippen LogP contribution is 2.22. The van der Waals surface area contributed by atoms with Gasteiger partial charge in [0.2, 0.25) is 15.9 Å². The molecule has 0 aliphatic heterocycles. The zero-order chi connectivity index (χ0) is 23.3. The highest BCUT2D eigenvalue weighted by atomic mass is 32.2. The molecule has 32 heavy (non-hydrogen) atoms. The lowest BCUT2D eigenvalue weighted by atomic mass is 10.1. The molecule has 2 aromatic carbocycles. The van der Waals surface area contributed by atoms with Crippen LogP contribution < -0.4 is 9.62 Å². The van der Waals surface area contributed by atoms with Gasteiger partial charge in [-0.2, -0.15) is 0 Å². The van der Waals surface area contributed by atoms with Crippen molar-refractivity contribution in [2.75, 3.05) is 16.3 Å². The van der Waals surface area contributed by atoms with E-state index in [9.17, 15) is 13.2 Å². The number of carbonyl (C=O) groups is 1. The van der Waals surface area contributed by atoms with E-state index in [4.69, 9.17) is 0 Å². The van der Waals surface area contributed by atoms with Crippen LogP contribution in [0.15, 0.2) is 59.8 Å². The Morgan fingerprint density at radius 2 is 1.78 bits per heavy atom. The van der Waals surface area contributed by atoms with Gasteiger partial charge in [0, 0.05) is 7.05 Å². The van der Waals surface area contributed by atoms with Crippen LogP contribution in [0, 0.1) is 6.92 Å². The van der Waals surface area contributed by atoms with Gasteiger partial charge < -0.3 is 9.88 Å². The number of carbonyl (C=O) groups excluding carboxylic acids is 1. The van der Waals surface area contributed by atoms with E-state index < -0.39 is 10.0 Å². The Hall–Kier alpha value is -2.85. The molecule has 1 heterocycles. The summed E-state index contributed by atoms with van der Waals surface area (Å²) < 4.78 is 27.8. The molecule has 1 amide bonds. The lowest BCUT2D eigenvalue weighted by molar-refractivity contribution is -0.119. The second-order valence-electron chi connectivity index (χ2n) is 7.55. The van der Waals surface area contributed by atoms with Crippen molar-refractivity contribution in [2.24, 2.45) is 7.05 Å². The first-order valence-electron chi connectivity index (χ1n) is 10.0. The standard InChI is InChI=1S/C22H27N5O3S2/c1-16-10-12-19(13-11-16)27(32(4,29)30)14-20-24-25-22(26(20)3)31-15-21(28)23-17(2)18-8-6-5-7-9-18/h5-13,17H,14-15H2,1-4H3,(H,23,28)/t17-/m1/s1. The number of anilines is 1. The summed E-state index contributed by atoms with van der Waals surface area (Å²) in [7, 11) is -1.76. The van der Waals surface area contributed by atoms with Gasteiger partial charge in [0.25, 0.3) is 0 Å². The van der Waals surface area contributed by atoms with Crippen LogP contribution >= 0.6 is 11.8 Å². The molecule has 0 aliphatic carbocycles. The first-order valence-corrected chi connectivity index (χ1v) is 12.9. The molecule has 0 aliphatic rings. The highest BCUT2D eigenvalue weighted by Gasteiger charge is 2.22. The Morgan fingerprint density at radius 3 is 2.41 bits per heavy atom. The third kappa shape index (κ3) is 6.10. The fourth-order valence-electron chi connectivity index (χ4n) is 3.09. The number of thioether (sulfide) groups is 1. The Morgan fingerprint density at radius 1 is 1.12 bits per heavy atom. The van der Waals surface area contributed by atoms with Crippen molar-refractivity contribution in [3.8, 4) is 0 Å². The number of aryl methyl sites for hydroxylation is 1. The predicted molar refractivity (Wildman–Crippen MR) is 127 cm³/mol. The van der Waals surface area contributed by atoms with E-state index in [0.29, 0.717) is 16.7 Å². The summed E-state index contributed by atoms with van der Waals surface area (Å²) in [6.07, 6.45) is 1.16. The summed E-state index contributed by atoms with van der Waals surface area (Å²) in [5.41, 5.74) is 2.63. The van der Waals surface area contributed by atoms with Gasteiger partial charge in [-0.1, -0.05) is 59.8 Å². The predicted octanol–water partition coefficient (Wildman–Crippen LogP) is 3.06. The topological polar surface area (TPSA) is 97.2 Å². The molecular formula is C22H27N5O3S2. The van der Waals surface area contributed by atoms with E-state index in [0.717, 1.165) is 17.4 Å². The zero-order valence-electron chi connectivity index (χ0n) is 18.5. The fourth-order valence-corrected chi connectivity index (χ4v) is 4.68. The molecule has 170 valence electrons. The number of hydrogen-bond acceptors (Lipinski definition) is 6. The second kappa shape index (κ2) is 10.2.